The number of nitrogens with one attached hydrogen (secondary N) is 1. The average molecular weight is 504 g/mol. The van der Waals surface area contributed by atoms with Crippen LogP contribution in [-0.4, -0.2) is 45.4 Å². The number of halogens is 2. The highest BCUT2D eigenvalue weighted by molar-refractivity contribution is 7.89. The molecule has 0 bridgehead atoms. The first kappa shape index (κ1) is 24.6. The van der Waals surface area contributed by atoms with E-state index < -0.39 is 27.8 Å². The number of amides is 1. The lowest BCUT2D eigenvalue weighted by molar-refractivity contribution is -0.118. The molecule has 1 N–H and O–H groups in total. The molecule has 3 aromatic carbocycles. The molecule has 0 aromatic heterocycles. The molecule has 1 fully saturated rings. The van der Waals surface area contributed by atoms with Crippen molar-refractivity contribution in [3.05, 3.63) is 71.0 Å². The summed E-state index contributed by atoms with van der Waals surface area (Å²) < 4.78 is 43.4. The molecule has 1 heterocycles. The van der Waals surface area contributed by atoms with Crippen LogP contribution >= 0.6 is 11.6 Å². The van der Waals surface area contributed by atoms with Gasteiger partial charge in [-0.3, -0.25) is 9.69 Å². The third-order valence-electron chi connectivity index (χ3n) is 6.49. The Hall–Kier alpha value is -2.52. The maximum absolute atomic E-state index is 14.9. The van der Waals surface area contributed by atoms with E-state index in [1.807, 2.05) is 20.9 Å². The fourth-order valence-electron chi connectivity index (χ4n) is 4.18. The second-order valence-corrected chi connectivity index (χ2v) is 10.7. The fourth-order valence-corrected chi connectivity index (χ4v) is 5.62. The summed E-state index contributed by atoms with van der Waals surface area (Å²) >= 11 is 6.00. The van der Waals surface area contributed by atoms with E-state index in [0.29, 0.717) is 5.02 Å². The van der Waals surface area contributed by atoms with E-state index in [2.05, 4.69) is 9.62 Å². The van der Waals surface area contributed by atoms with Gasteiger partial charge in [0.25, 0.3) is 0 Å². The van der Waals surface area contributed by atoms with Gasteiger partial charge in [-0.2, -0.15) is 4.72 Å². The summed E-state index contributed by atoms with van der Waals surface area (Å²) in [4.78, 5) is 16.4. The Morgan fingerprint density at radius 1 is 1.15 bits per heavy atom. The molecule has 34 heavy (non-hydrogen) atoms. The third kappa shape index (κ3) is 4.81. The number of nitrogens with zero attached hydrogens (tertiary/aromatic N) is 2. The average Bonchev–Trinajstić information content (AvgIpc) is 3.16. The number of sulfonamides is 1. The Kier molecular flexibility index (Phi) is 6.96. The van der Waals surface area contributed by atoms with Gasteiger partial charge in [0.2, 0.25) is 15.9 Å². The minimum atomic E-state index is -3.95. The Morgan fingerprint density at radius 2 is 1.85 bits per heavy atom. The monoisotopic (exact) mass is 503 g/mol. The molecule has 0 radical (unpaired) electrons. The van der Waals surface area contributed by atoms with Crippen LogP contribution in [0.2, 0.25) is 5.02 Å². The van der Waals surface area contributed by atoms with Gasteiger partial charge in [0.05, 0.1) is 10.6 Å². The maximum Gasteiger partial charge on any atom is 0.245 e. The first-order valence-electron chi connectivity index (χ1n) is 11.1. The highest BCUT2D eigenvalue weighted by Gasteiger charge is 2.37. The lowest BCUT2D eigenvalue weighted by Crippen LogP contribution is -2.41. The molecule has 1 aliphatic heterocycles. The molecule has 2 atom stereocenters. The number of hydrogen-bond donors (Lipinski definition) is 1. The number of carbonyl (C=O) groups is 1. The Morgan fingerprint density at radius 3 is 2.56 bits per heavy atom. The molecule has 2 unspecified atom stereocenters. The number of benzene rings is 3. The molecule has 1 aliphatic rings. The SMILES string of the molecule is CCN(C)C(C)c1ccc(N2CCC(NS(=O)(=O)c3ccc4cc(Cl)ccc4c3)C2=O)c(F)c1. The van der Waals surface area contributed by atoms with Crippen LogP contribution < -0.4 is 9.62 Å². The first-order chi connectivity index (χ1) is 16.1. The van der Waals surface area contributed by atoms with Gasteiger partial charge in [-0.1, -0.05) is 36.7 Å². The zero-order valence-electron chi connectivity index (χ0n) is 19.3. The molecule has 3 aromatic rings. The minimum Gasteiger partial charge on any atom is -0.308 e. The normalized spacial score (nSPS) is 17.6. The van der Waals surface area contributed by atoms with Gasteiger partial charge < -0.3 is 4.90 Å². The molecular weight excluding hydrogens is 477 g/mol. The topological polar surface area (TPSA) is 69.7 Å². The Labute approximate surface area is 204 Å². The van der Waals surface area contributed by atoms with Crippen molar-refractivity contribution in [2.45, 2.75) is 37.2 Å². The summed E-state index contributed by atoms with van der Waals surface area (Å²) in [6, 6.07) is 13.8. The molecule has 0 aliphatic carbocycles. The quantitative estimate of drug-likeness (QED) is 0.506. The van der Waals surface area contributed by atoms with Gasteiger partial charge in [0.1, 0.15) is 11.9 Å². The second-order valence-electron chi connectivity index (χ2n) is 8.57. The zero-order valence-corrected chi connectivity index (χ0v) is 20.8. The van der Waals surface area contributed by atoms with Gasteiger partial charge in [-0.25, -0.2) is 12.8 Å². The maximum atomic E-state index is 14.9. The van der Waals surface area contributed by atoms with Crippen LogP contribution in [0.1, 0.15) is 31.9 Å². The number of hydrogen-bond acceptors (Lipinski definition) is 4. The molecule has 0 saturated carbocycles. The lowest BCUT2D eigenvalue weighted by atomic mass is 10.1. The smallest absolute Gasteiger partial charge is 0.245 e. The van der Waals surface area contributed by atoms with Crippen molar-refractivity contribution in [3.8, 4) is 0 Å². The molecule has 9 heteroatoms. The Balaban J connectivity index is 1.52. The molecule has 6 nitrogen and oxygen atoms in total. The molecular formula is C25H27ClFN3O3S. The lowest BCUT2D eigenvalue weighted by Gasteiger charge is -2.25. The highest BCUT2D eigenvalue weighted by atomic mass is 35.5. The summed E-state index contributed by atoms with van der Waals surface area (Å²) in [5, 5.41) is 2.09. The summed E-state index contributed by atoms with van der Waals surface area (Å²) in [7, 11) is -1.99. The zero-order chi connectivity index (χ0) is 24.6. The summed E-state index contributed by atoms with van der Waals surface area (Å²) in [6.45, 7) is 5.06. The van der Waals surface area contributed by atoms with Crippen molar-refractivity contribution >= 4 is 44.0 Å². The summed E-state index contributed by atoms with van der Waals surface area (Å²) in [5.41, 5.74) is 0.969. The van der Waals surface area contributed by atoms with Gasteiger partial charge in [-0.15, -0.1) is 0 Å². The van der Waals surface area contributed by atoms with Gasteiger partial charge in [0, 0.05) is 17.6 Å². The molecule has 1 amide bonds. The van der Waals surface area contributed by atoms with Crippen molar-refractivity contribution in [1.29, 1.82) is 0 Å². The van der Waals surface area contributed by atoms with E-state index in [4.69, 9.17) is 11.6 Å². The van der Waals surface area contributed by atoms with E-state index in [0.717, 1.165) is 22.9 Å². The second kappa shape index (κ2) is 9.62. The highest BCUT2D eigenvalue weighted by Crippen LogP contribution is 2.29. The van der Waals surface area contributed by atoms with E-state index in [-0.39, 0.29) is 29.6 Å². The number of carbonyl (C=O) groups excluding carboxylic acids is 1. The van der Waals surface area contributed by atoms with Gasteiger partial charge >= 0.3 is 0 Å². The third-order valence-corrected chi connectivity index (χ3v) is 8.20. The molecule has 180 valence electrons. The van der Waals surface area contributed by atoms with E-state index >= 15 is 0 Å². The van der Waals surface area contributed by atoms with Crippen LogP contribution in [0.5, 0.6) is 0 Å². The summed E-state index contributed by atoms with van der Waals surface area (Å²) in [5.74, 6) is -0.972. The number of rotatable bonds is 7. The number of fused-ring (bicyclic) bond motifs is 1. The largest absolute Gasteiger partial charge is 0.308 e. The first-order valence-corrected chi connectivity index (χ1v) is 13.0. The van der Waals surface area contributed by atoms with Crippen molar-refractivity contribution in [1.82, 2.24) is 9.62 Å². The summed E-state index contributed by atoms with van der Waals surface area (Å²) in [6.07, 6.45) is 0.247. The van der Waals surface area contributed by atoms with Crippen LogP contribution in [0, 0.1) is 5.82 Å². The van der Waals surface area contributed by atoms with Crippen LogP contribution in [0.3, 0.4) is 0 Å². The van der Waals surface area contributed by atoms with Crippen molar-refractivity contribution in [3.63, 3.8) is 0 Å². The van der Waals surface area contributed by atoms with E-state index in [1.165, 1.54) is 23.1 Å². The van der Waals surface area contributed by atoms with Crippen LogP contribution in [0.25, 0.3) is 10.8 Å². The standard InChI is InChI=1S/C25H27ClFN3O3S/c1-4-29(3)16(2)17-7-10-24(22(27)15-17)30-12-11-23(25(30)31)28-34(32,33)21-9-6-18-13-20(26)8-5-19(18)14-21/h5-10,13-16,23,28H,4,11-12H2,1-3H3. The fraction of sp³-hybridized carbons (Fsp3) is 0.320. The molecule has 0 spiro atoms. The minimum absolute atomic E-state index is 0.0281. The van der Waals surface area contributed by atoms with Crippen molar-refractivity contribution in [2.24, 2.45) is 0 Å². The predicted octanol–water partition coefficient (Wildman–Crippen LogP) is 4.73. The predicted molar refractivity (Wildman–Crippen MR) is 133 cm³/mol. The molecule has 4 rings (SSSR count). The van der Waals surface area contributed by atoms with Gasteiger partial charge in [-0.05, 0) is 79.7 Å². The van der Waals surface area contributed by atoms with Crippen LogP contribution in [-0.2, 0) is 14.8 Å². The van der Waals surface area contributed by atoms with Crippen LogP contribution in [0.15, 0.2) is 59.5 Å². The Bertz CT molecular complexity index is 1350. The molecule has 1 saturated heterocycles. The van der Waals surface area contributed by atoms with Crippen molar-refractivity contribution in [2.75, 3.05) is 25.0 Å². The van der Waals surface area contributed by atoms with Crippen LogP contribution in [0.4, 0.5) is 10.1 Å². The number of anilines is 1. The van der Waals surface area contributed by atoms with E-state index in [1.54, 1.807) is 36.4 Å². The van der Waals surface area contributed by atoms with Crippen molar-refractivity contribution < 1.29 is 17.6 Å². The van der Waals surface area contributed by atoms with Gasteiger partial charge in [0.15, 0.2) is 0 Å². The van der Waals surface area contributed by atoms with E-state index in [9.17, 15) is 17.6 Å².